The lowest BCUT2D eigenvalue weighted by Crippen LogP contribution is -1.87. The molecule has 4 aromatic rings. The lowest BCUT2D eigenvalue weighted by molar-refractivity contribution is 0.795. The quantitative estimate of drug-likeness (QED) is 0.284. The van der Waals surface area contributed by atoms with Crippen LogP contribution in [0.3, 0.4) is 0 Å². The molecule has 0 amide bonds. The fourth-order valence-electron chi connectivity index (χ4n) is 3.98. The van der Waals surface area contributed by atoms with Gasteiger partial charge in [0.05, 0.1) is 0 Å². The molecule has 0 aliphatic carbocycles. The van der Waals surface area contributed by atoms with Crippen molar-refractivity contribution in [2.75, 3.05) is 0 Å². The van der Waals surface area contributed by atoms with Gasteiger partial charge >= 0.3 is 0 Å². The van der Waals surface area contributed by atoms with Crippen LogP contribution in [0, 0.1) is 23.7 Å². The molecule has 0 saturated heterocycles. The number of hydrogen-bond donors (Lipinski definition) is 0. The van der Waals surface area contributed by atoms with E-state index in [-0.39, 0.29) is 0 Å². The molecule has 0 N–H and O–H groups in total. The summed E-state index contributed by atoms with van der Waals surface area (Å²) in [6.07, 6.45) is 5.87. The number of fused-ring (bicyclic) bond motifs is 1. The van der Waals surface area contributed by atoms with Gasteiger partial charge in [-0.3, -0.25) is 0 Å². The summed E-state index contributed by atoms with van der Waals surface area (Å²) >= 11 is 0. The van der Waals surface area contributed by atoms with Crippen molar-refractivity contribution in [1.82, 2.24) is 0 Å². The Morgan fingerprint density at radius 2 is 0.970 bits per heavy atom. The molecule has 0 aromatic heterocycles. The van der Waals surface area contributed by atoms with Crippen molar-refractivity contribution in [2.24, 2.45) is 0 Å². The Hall–Kier alpha value is -3.74. The van der Waals surface area contributed by atoms with Gasteiger partial charge in [-0.2, -0.15) is 0 Å². The maximum Gasteiger partial charge on any atom is 0.0328 e. The Labute approximate surface area is 198 Å². The summed E-state index contributed by atoms with van der Waals surface area (Å²) in [5.74, 6) is 13.4. The largest absolute Gasteiger partial charge is 0.0654 e. The van der Waals surface area contributed by atoms with E-state index in [1.165, 1.54) is 24.0 Å². The molecule has 0 saturated carbocycles. The maximum atomic E-state index is 3.39. The minimum Gasteiger partial charge on any atom is -0.0654 e. The van der Waals surface area contributed by atoms with E-state index in [0.717, 1.165) is 52.3 Å². The van der Waals surface area contributed by atoms with Crippen LogP contribution in [0.15, 0.2) is 84.9 Å². The van der Waals surface area contributed by atoms with E-state index in [2.05, 4.69) is 122 Å². The summed E-state index contributed by atoms with van der Waals surface area (Å²) in [5.41, 5.74) is 6.92. The minimum absolute atomic E-state index is 1.04. The normalized spacial score (nSPS) is 10.2. The van der Waals surface area contributed by atoms with E-state index in [1.54, 1.807) is 0 Å². The third kappa shape index (κ3) is 5.94. The highest BCUT2D eigenvalue weighted by molar-refractivity contribution is 5.93. The highest BCUT2D eigenvalue weighted by atomic mass is 14.1. The molecule has 0 heterocycles. The maximum absolute atomic E-state index is 3.39. The SMILES string of the molecule is CCCCc1ccc(C#Cc2ccc(C#Cc3ccc(CCC)cc3)c3ccccc23)cc1. The number of aryl methyl sites for hydroxylation is 2. The topological polar surface area (TPSA) is 0 Å². The molecule has 0 unspecified atom stereocenters. The van der Waals surface area contributed by atoms with Gasteiger partial charge in [-0.05, 0) is 77.6 Å². The standard InChI is InChI=1S/C33H30/c1-3-5-9-27-14-18-29(19-15-27)21-23-31-25-24-30(32-10-6-7-11-33(31)32)22-20-28-16-12-26(8-4-2)13-17-28/h6-7,10-19,24-25H,3-5,8-9H2,1-2H3. The first-order valence-corrected chi connectivity index (χ1v) is 12.0. The fraction of sp³-hybridized carbons (Fsp3) is 0.212. The monoisotopic (exact) mass is 426 g/mol. The zero-order valence-electron chi connectivity index (χ0n) is 19.6. The molecule has 33 heavy (non-hydrogen) atoms. The van der Waals surface area contributed by atoms with Crippen molar-refractivity contribution in [3.63, 3.8) is 0 Å². The van der Waals surface area contributed by atoms with E-state index >= 15 is 0 Å². The minimum atomic E-state index is 1.04. The Balaban J connectivity index is 1.60. The first-order chi connectivity index (χ1) is 16.3. The average Bonchev–Trinajstić information content (AvgIpc) is 2.87. The Morgan fingerprint density at radius 1 is 0.485 bits per heavy atom. The summed E-state index contributed by atoms with van der Waals surface area (Å²) in [5, 5.41) is 2.30. The van der Waals surface area contributed by atoms with Gasteiger partial charge in [0.15, 0.2) is 0 Å². The second-order valence-electron chi connectivity index (χ2n) is 8.45. The number of rotatable bonds is 5. The van der Waals surface area contributed by atoms with Crippen LogP contribution in [0.2, 0.25) is 0 Å². The van der Waals surface area contributed by atoms with Gasteiger partial charge in [-0.15, -0.1) is 0 Å². The van der Waals surface area contributed by atoms with Crippen LogP contribution in [0.4, 0.5) is 0 Å². The molecule has 0 bridgehead atoms. The van der Waals surface area contributed by atoms with Crippen molar-refractivity contribution in [1.29, 1.82) is 0 Å². The molecule has 0 aliphatic rings. The first-order valence-electron chi connectivity index (χ1n) is 12.0. The van der Waals surface area contributed by atoms with E-state index in [1.807, 2.05) is 0 Å². The van der Waals surface area contributed by atoms with Crippen LogP contribution in [0.1, 0.15) is 66.5 Å². The highest BCUT2D eigenvalue weighted by Crippen LogP contribution is 2.22. The van der Waals surface area contributed by atoms with E-state index in [4.69, 9.17) is 0 Å². The van der Waals surface area contributed by atoms with Gasteiger partial charge < -0.3 is 0 Å². The van der Waals surface area contributed by atoms with Gasteiger partial charge in [-0.1, -0.05) is 98.9 Å². The highest BCUT2D eigenvalue weighted by Gasteiger charge is 2.03. The molecule has 0 spiro atoms. The Kier molecular flexibility index (Phi) is 7.64. The van der Waals surface area contributed by atoms with E-state index < -0.39 is 0 Å². The molecule has 4 rings (SSSR count). The molecule has 0 atom stereocenters. The zero-order valence-corrected chi connectivity index (χ0v) is 19.6. The number of unbranched alkanes of at least 4 members (excludes halogenated alkanes) is 1. The average molecular weight is 427 g/mol. The van der Waals surface area contributed by atoms with Crippen molar-refractivity contribution in [2.45, 2.75) is 46.0 Å². The van der Waals surface area contributed by atoms with Crippen molar-refractivity contribution >= 4 is 10.8 Å². The van der Waals surface area contributed by atoms with E-state index in [0.29, 0.717) is 0 Å². The van der Waals surface area contributed by atoms with Crippen molar-refractivity contribution in [3.05, 3.63) is 118 Å². The summed E-state index contributed by atoms with van der Waals surface area (Å²) in [7, 11) is 0. The van der Waals surface area contributed by atoms with Gasteiger partial charge in [0.2, 0.25) is 0 Å². The third-order valence-electron chi connectivity index (χ3n) is 5.87. The Bertz CT molecular complexity index is 1330. The van der Waals surface area contributed by atoms with Gasteiger partial charge in [0.1, 0.15) is 0 Å². The summed E-state index contributed by atoms with van der Waals surface area (Å²) < 4.78 is 0. The predicted molar refractivity (Wildman–Crippen MR) is 141 cm³/mol. The lowest BCUT2D eigenvalue weighted by Gasteiger charge is -2.04. The molecular weight excluding hydrogens is 396 g/mol. The molecular formula is C33H30. The van der Waals surface area contributed by atoms with Crippen LogP contribution in [-0.4, -0.2) is 0 Å². The molecule has 0 aliphatic heterocycles. The van der Waals surface area contributed by atoms with Crippen molar-refractivity contribution in [3.8, 4) is 23.7 Å². The molecule has 0 fully saturated rings. The van der Waals surface area contributed by atoms with E-state index in [9.17, 15) is 0 Å². The van der Waals surface area contributed by atoms with Crippen LogP contribution in [0.25, 0.3) is 10.8 Å². The lowest BCUT2D eigenvalue weighted by atomic mass is 9.99. The van der Waals surface area contributed by atoms with Gasteiger partial charge in [0.25, 0.3) is 0 Å². The second kappa shape index (κ2) is 11.2. The molecule has 4 aromatic carbocycles. The third-order valence-corrected chi connectivity index (χ3v) is 5.87. The van der Waals surface area contributed by atoms with Gasteiger partial charge in [0, 0.05) is 22.3 Å². The molecule has 162 valence electrons. The van der Waals surface area contributed by atoms with Crippen LogP contribution in [-0.2, 0) is 12.8 Å². The first kappa shape index (κ1) is 22.5. The summed E-state index contributed by atoms with van der Waals surface area (Å²) in [4.78, 5) is 0. The fourth-order valence-corrected chi connectivity index (χ4v) is 3.98. The number of hydrogen-bond acceptors (Lipinski definition) is 0. The predicted octanol–water partition coefficient (Wildman–Crippen LogP) is 7.93. The smallest absolute Gasteiger partial charge is 0.0328 e. The molecule has 0 heteroatoms. The molecule has 0 nitrogen and oxygen atoms in total. The Morgan fingerprint density at radius 3 is 1.42 bits per heavy atom. The van der Waals surface area contributed by atoms with Crippen LogP contribution >= 0.6 is 0 Å². The van der Waals surface area contributed by atoms with Gasteiger partial charge in [-0.25, -0.2) is 0 Å². The summed E-state index contributed by atoms with van der Waals surface area (Å²) in [6.45, 7) is 4.43. The summed E-state index contributed by atoms with van der Waals surface area (Å²) in [6, 6.07) is 29.9. The van der Waals surface area contributed by atoms with Crippen LogP contribution < -0.4 is 0 Å². The van der Waals surface area contributed by atoms with Crippen LogP contribution in [0.5, 0.6) is 0 Å². The molecule has 0 radical (unpaired) electrons. The zero-order chi connectivity index (χ0) is 22.9. The second-order valence-corrected chi connectivity index (χ2v) is 8.45. The number of benzene rings is 4. The van der Waals surface area contributed by atoms with Crippen molar-refractivity contribution < 1.29 is 0 Å².